The molecule has 6 nitrogen and oxygen atoms in total. The van der Waals surface area contributed by atoms with E-state index in [1.54, 1.807) is 7.05 Å². The van der Waals surface area contributed by atoms with Crippen molar-refractivity contribution >= 4 is 5.91 Å². The Hall–Kier alpha value is -1.43. The number of aliphatic hydroxyl groups is 1. The van der Waals surface area contributed by atoms with Crippen LogP contribution in [0, 0.1) is 0 Å². The Labute approximate surface area is 69.2 Å². The number of hydrogen-bond donors (Lipinski definition) is 2. The summed E-state index contributed by atoms with van der Waals surface area (Å²) >= 11 is 0. The first-order valence-electron chi connectivity index (χ1n) is 3.47. The van der Waals surface area contributed by atoms with Crippen LogP contribution in [0.3, 0.4) is 0 Å². The van der Waals surface area contributed by atoms with Crippen molar-refractivity contribution < 1.29 is 9.90 Å². The van der Waals surface area contributed by atoms with E-state index in [4.69, 9.17) is 5.11 Å². The van der Waals surface area contributed by atoms with Crippen LogP contribution in [0.5, 0.6) is 0 Å². The smallest absolute Gasteiger partial charge is 0.290 e. The normalized spacial score (nSPS) is 9.83. The predicted octanol–water partition coefficient (Wildman–Crippen LogP) is -1.13. The van der Waals surface area contributed by atoms with Crippen LogP contribution in [0.25, 0.3) is 0 Å². The summed E-state index contributed by atoms with van der Waals surface area (Å²) in [6, 6.07) is 0. The summed E-state index contributed by atoms with van der Waals surface area (Å²) in [4.78, 5) is 16.3. The number of H-pyrrole nitrogens is 1. The summed E-state index contributed by atoms with van der Waals surface area (Å²) in [7, 11) is 1.58. The molecule has 1 rings (SSSR count). The van der Waals surface area contributed by atoms with Crippen LogP contribution in [0.1, 0.15) is 10.6 Å². The Bertz CT molecular complexity index is 246. The van der Waals surface area contributed by atoms with Gasteiger partial charge in [0, 0.05) is 13.6 Å². The van der Waals surface area contributed by atoms with Crippen LogP contribution in [0.4, 0.5) is 0 Å². The van der Waals surface area contributed by atoms with E-state index in [1.165, 1.54) is 11.2 Å². The molecule has 0 fully saturated rings. The molecule has 0 bridgehead atoms. The molecular formula is C6H10N4O2. The van der Waals surface area contributed by atoms with E-state index < -0.39 is 0 Å². The average Bonchev–Trinajstić information content (AvgIpc) is 2.55. The quantitative estimate of drug-likeness (QED) is 0.601. The second-order valence-electron chi connectivity index (χ2n) is 2.28. The molecule has 2 N–H and O–H groups in total. The number of carbonyl (C=O) groups is 1. The summed E-state index contributed by atoms with van der Waals surface area (Å²) in [5.41, 5.74) is 0. The monoisotopic (exact) mass is 170 g/mol. The first-order valence-corrected chi connectivity index (χ1v) is 3.47. The molecule has 66 valence electrons. The van der Waals surface area contributed by atoms with E-state index in [0.717, 1.165) is 0 Å². The van der Waals surface area contributed by atoms with E-state index in [2.05, 4.69) is 15.2 Å². The molecule has 1 aromatic rings. The third-order valence-corrected chi connectivity index (χ3v) is 1.40. The van der Waals surface area contributed by atoms with Gasteiger partial charge in [-0.05, 0) is 0 Å². The molecule has 0 aliphatic carbocycles. The number of aliphatic hydroxyl groups excluding tert-OH is 1. The molecule has 12 heavy (non-hydrogen) atoms. The van der Waals surface area contributed by atoms with Crippen molar-refractivity contribution in [3.05, 3.63) is 12.2 Å². The molecule has 0 aromatic carbocycles. The molecule has 0 aliphatic heterocycles. The number of carbonyl (C=O) groups excluding carboxylic acids is 1. The highest BCUT2D eigenvalue weighted by Gasteiger charge is 2.12. The molecule has 0 atom stereocenters. The van der Waals surface area contributed by atoms with E-state index in [9.17, 15) is 4.79 Å². The highest BCUT2D eigenvalue weighted by Crippen LogP contribution is 1.92. The maximum absolute atomic E-state index is 11.3. The fourth-order valence-electron chi connectivity index (χ4n) is 0.741. The molecule has 0 spiro atoms. The Balaban J connectivity index is 2.59. The van der Waals surface area contributed by atoms with Gasteiger partial charge in [0.25, 0.3) is 5.91 Å². The lowest BCUT2D eigenvalue weighted by Gasteiger charge is -2.12. The molecule has 0 aliphatic rings. The van der Waals surface area contributed by atoms with Crippen molar-refractivity contribution in [1.29, 1.82) is 0 Å². The third-order valence-electron chi connectivity index (χ3n) is 1.40. The number of likely N-dealkylation sites (N-methyl/N-ethyl adjacent to an activating group) is 1. The number of nitrogens with one attached hydrogen (secondary N) is 1. The third kappa shape index (κ3) is 1.79. The highest BCUT2D eigenvalue weighted by molar-refractivity contribution is 5.90. The lowest BCUT2D eigenvalue weighted by Crippen LogP contribution is -2.30. The van der Waals surface area contributed by atoms with Crippen LogP contribution in [-0.2, 0) is 0 Å². The lowest BCUT2D eigenvalue weighted by atomic mass is 10.5. The number of aromatic amines is 1. The van der Waals surface area contributed by atoms with E-state index >= 15 is 0 Å². The Morgan fingerprint density at radius 1 is 1.83 bits per heavy atom. The predicted molar refractivity (Wildman–Crippen MR) is 40.4 cm³/mol. The molecule has 0 saturated carbocycles. The average molecular weight is 170 g/mol. The minimum Gasteiger partial charge on any atom is -0.395 e. The van der Waals surface area contributed by atoms with Crippen LogP contribution in [0.2, 0.25) is 0 Å². The van der Waals surface area contributed by atoms with Gasteiger partial charge in [0.15, 0.2) is 0 Å². The lowest BCUT2D eigenvalue weighted by molar-refractivity contribution is 0.0755. The van der Waals surface area contributed by atoms with Crippen LogP contribution in [-0.4, -0.2) is 51.3 Å². The zero-order valence-corrected chi connectivity index (χ0v) is 6.69. The van der Waals surface area contributed by atoms with Crippen molar-refractivity contribution in [2.24, 2.45) is 0 Å². The van der Waals surface area contributed by atoms with Gasteiger partial charge in [-0.3, -0.25) is 9.89 Å². The summed E-state index contributed by atoms with van der Waals surface area (Å²) in [5, 5.41) is 14.5. The molecule has 6 heteroatoms. The summed E-state index contributed by atoms with van der Waals surface area (Å²) < 4.78 is 0. The molecule has 1 aromatic heterocycles. The maximum atomic E-state index is 11.3. The van der Waals surface area contributed by atoms with Gasteiger partial charge in [-0.25, -0.2) is 4.98 Å². The number of nitrogens with zero attached hydrogens (tertiary/aromatic N) is 3. The minimum absolute atomic E-state index is 0.0591. The zero-order valence-electron chi connectivity index (χ0n) is 6.69. The molecule has 1 amide bonds. The summed E-state index contributed by atoms with van der Waals surface area (Å²) in [6.45, 7) is 0.232. The van der Waals surface area contributed by atoms with Gasteiger partial charge in [-0.1, -0.05) is 0 Å². The van der Waals surface area contributed by atoms with Crippen molar-refractivity contribution in [2.75, 3.05) is 20.2 Å². The highest BCUT2D eigenvalue weighted by atomic mass is 16.3. The van der Waals surface area contributed by atoms with Crippen LogP contribution < -0.4 is 0 Å². The molecule has 1 heterocycles. The van der Waals surface area contributed by atoms with Crippen molar-refractivity contribution in [3.63, 3.8) is 0 Å². The number of aromatic nitrogens is 3. The second-order valence-corrected chi connectivity index (χ2v) is 2.28. The largest absolute Gasteiger partial charge is 0.395 e. The van der Waals surface area contributed by atoms with Gasteiger partial charge in [0.1, 0.15) is 6.33 Å². The Kier molecular flexibility index (Phi) is 2.76. The van der Waals surface area contributed by atoms with Crippen molar-refractivity contribution in [2.45, 2.75) is 0 Å². The van der Waals surface area contributed by atoms with Gasteiger partial charge in [-0.15, -0.1) is 0 Å². The van der Waals surface area contributed by atoms with E-state index in [-0.39, 0.29) is 18.3 Å². The molecular weight excluding hydrogens is 160 g/mol. The molecule has 0 unspecified atom stereocenters. The molecule has 0 saturated heterocycles. The number of hydrogen-bond acceptors (Lipinski definition) is 4. The van der Waals surface area contributed by atoms with Gasteiger partial charge in [0.05, 0.1) is 6.61 Å². The fraction of sp³-hybridized carbons (Fsp3) is 0.500. The van der Waals surface area contributed by atoms with Gasteiger partial charge >= 0.3 is 0 Å². The first-order chi connectivity index (χ1) is 5.75. The SMILES string of the molecule is CN(CCO)C(=O)c1ncn[nH]1. The van der Waals surface area contributed by atoms with Crippen molar-refractivity contribution in [1.82, 2.24) is 20.1 Å². The fourth-order valence-corrected chi connectivity index (χ4v) is 0.741. The second kappa shape index (κ2) is 3.82. The topological polar surface area (TPSA) is 82.1 Å². The Morgan fingerprint density at radius 3 is 3.08 bits per heavy atom. The summed E-state index contributed by atoms with van der Waals surface area (Å²) in [6.07, 6.45) is 1.26. The zero-order chi connectivity index (χ0) is 8.97. The molecule has 0 radical (unpaired) electrons. The first kappa shape index (κ1) is 8.66. The maximum Gasteiger partial charge on any atom is 0.290 e. The number of amides is 1. The van der Waals surface area contributed by atoms with Gasteiger partial charge < -0.3 is 10.0 Å². The van der Waals surface area contributed by atoms with Crippen LogP contribution >= 0.6 is 0 Å². The van der Waals surface area contributed by atoms with E-state index in [1.807, 2.05) is 0 Å². The van der Waals surface area contributed by atoms with Gasteiger partial charge in [0.2, 0.25) is 5.82 Å². The summed E-state index contributed by atoms with van der Waals surface area (Å²) in [5.74, 6) is -0.0903. The Morgan fingerprint density at radius 2 is 2.58 bits per heavy atom. The number of rotatable bonds is 3. The van der Waals surface area contributed by atoms with E-state index in [0.29, 0.717) is 6.54 Å². The van der Waals surface area contributed by atoms with Crippen LogP contribution in [0.15, 0.2) is 6.33 Å². The minimum atomic E-state index is -0.276. The van der Waals surface area contributed by atoms with Crippen molar-refractivity contribution in [3.8, 4) is 0 Å². The standard InChI is InChI=1S/C6H10N4O2/c1-10(2-3-11)6(12)5-7-4-8-9-5/h4,11H,2-3H2,1H3,(H,7,8,9). The van der Waals surface area contributed by atoms with Gasteiger partial charge in [-0.2, -0.15) is 5.10 Å².